The van der Waals surface area contributed by atoms with Crippen molar-refractivity contribution < 1.29 is 14.4 Å². The molecule has 4 rings (SSSR count). The van der Waals surface area contributed by atoms with E-state index >= 15 is 0 Å². The fourth-order valence-electron chi connectivity index (χ4n) is 4.02. The molecule has 0 aliphatic carbocycles. The molecule has 3 atom stereocenters. The van der Waals surface area contributed by atoms with E-state index < -0.39 is 12.1 Å². The maximum Gasteiger partial charge on any atom is 0.319 e. The van der Waals surface area contributed by atoms with Crippen LogP contribution in [0.25, 0.3) is 0 Å². The summed E-state index contributed by atoms with van der Waals surface area (Å²) in [4.78, 5) is 40.8. The van der Waals surface area contributed by atoms with E-state index in [1.165, 1.54) is 0 Å². The minimum Gasteiger partial charge on any atom is -0.333 e. The van der Waals surface area contributed by atoms with Crippen LogP contribution in [-0.4, -0.2) is 58.9 Å². The Hall–Kier alpha value is -1.99. The molecule has 0 aromatic heterocycles. The topological polar surface area (TPSA) is 81.8 Å². The van der Waals surface area contributed by atoms with E-state index in [9.17, 15) is 14.4 Å². The second kappa shape index (κ2) is 6.63. The maximum absolute atomic E-state index is 12.6. The van der Waals surface area contributed by atoms with Gasteiger partial charge in [0.1, 0.15) is 12.1 Å². The Morgan fingerprint density at radius 1 is 1.12 bits per heavy atom. The zero-order valence-corrected chi connectivity index (χ0v) is 15.4. The van der Waals surface area contributed by atoms with E-state index in [1.54, 1.807) is 28.0 Å². The van der Waals surface area contributed by atoms with Gasteiger partial charge in [0.05, 0.1) is 16.8 Å². The molecule has 0 bridgehead atoms. The average molecular weight is 397 g/mol. The number of carbonyl (C=O) groups is 3. The van der Waals surface area contributed by atoms with E-state index in [4.69, 9.17) is 23.2 Å². The maximum atomic E-state index is 12.6. The summed E-state index contributed by atoms with van der Waals surface area (Å²) in [7, 11) is 0. The number of nitrogens with zero attached hydrogens (tertiary/aromatic N) is 2. The summed E-state index contributed by atoms with van der Waals surface area (Å²) >= 11 is 11.9. The van der Waals surface area contributed by atoms with Crippen LogP contribution in [0.2, 0.25) is 10.0 Å². The summed E-state index contributed by atoms with van der Waals surface area (Å²) in [6, 6.07) is 3.28. The number of benzene rings is 1. The molecule has 0 spiro atoms. The lowest BCUT2D eigenvalue weighted by atomic mass is 10.1. The van der Waals surface area contributed by atoms with Crippen molar-refractivity contribution in [2.24, 2.45) is 0 Å². The Kier molecular flexibility index (Phi) is 4.44. The van der Waals surface area contributed by atoms with Gasteiger partial charge < -0.3 is 20.4 Å². The molecule has 0 saturated carbocycles. The zero-order chi connectivity index (χ0) is 18.4. The minimum atomic E-state index is -0.471. The second-order valence-corrected chi connectivity index (χ2v) is 7.69. The van der Waals surface area contributed by atoms with Crippen LogP contribution >= 0.6 is 23.2 Å². The molecule has 26 heavy (non-hydrogen) atoms. The first-order valence-electron chi connectivity index (χ1n) is 8.57. The van der Waals surface area contributed by atoms with E-state index in [0.29, 0.717) is 35.2 Å². The highest BCUT2D eigenvalue weighted by molar-refractivity contribution is 6.36. The van der Waals surface area contributed by atoms with Gasteiger partial charge in [-0.15, -0.1) is 0 Å². The molecule has 1 aromatic carbocycles. The number of piperazine rings is 1. The molecule has 3 saturated heterocycles. The summed E-state index contributed by atoms with van der Waals surface area (Å²) < 4.78 is 0. The molecule has 9 heteroatoms. The van der Waals surface area contributed by atoms with Gasteiger partial charge in [0.2, 0.25) is 11.8 Å². The summed E-state index contributed by atoms with van der Waals surface area (Å²) in [5, 5.41) is 6.31. The Morgan fingerprint density at radius 2 is 1.88 bits per heavy atom. The lowest BCUT2D eigenvalue weighted by Gasteiger charge is -2.38. The number of urea groups is 1. The third-order valence-corrected chi connectivity index (χ3v) is 5.75. The summed E-state index contributed by atoms with van der Waals surface area (Å²) in [5.41, 5.74) is 0.442. The number of hydrogen-bond donors (Lipinski definition) is 2. The van der Waals surface area contributed by atoms with Gasteiger partial charge in [-0.05, 0) is 37.5 Å². The van der Waals surface area contributed by atoms with Crippen LogP contribution in [0.15, 0.2) is 18.2 Å². The highest BCUT2D eigenvalue weighted by Crippen LogP contribution is 2.32. The second-order valence-electron chi connectivity index (χ2n) is 6.85. The van der Waals surface area contributed by atoms with Crippen LogP contribution in [0, 0.1) is 0 Å². The van der Waals surface area contributed by atoms with Gasteiger partial charge in [-0.2, -0.15) is 0 Å². The van der Waals surface area contributed by atoms with Gasteiger partial charge in [0.25, 0.3) is 0 Å². The van der Waals surface area contributed by atoms with Crippen LogP contribution in [0.3, 0.4) is 0 Å². The molecule has 7 nitrogen and oxygen atoms in total. The van der Waals surface area contributed by atoms with Crippen LogP contribution in [0.4, 0.5) is 10.5 Å². The molecule has 2 N–H and O–H groups in total. The van der Waals surface area contributed by atoms with Gasteiger partial charge >= 0.3 is 6.03 Å². The number of rotatable bonds is 2. The predicted molar refractivity (Wildman–Crippen MR) is 97.3 cm³/mol. The molecular formula is C17H18Cl2N4O3. The lowest BCUT2D eigenvalue weighted by molar-refractivity contribution is -0.156. The number of amides is 4. The first kappa shape index (κ1) is 17.4. The van der Waals surface area contributed by atoms with Crippen LogP contribution < -0.4 is 10.6 Å². The molecule has 138 valence electrons. The molecular weight excluding hydrogens is 379 g/mol. The minimum absolute atomic E-state index is 0.00226. The third kappa shape index (κ3) is 2.99. The van der Waals surface area contributed by atoms with E-state index in [-0.39, 0.29) is 23.9 Å². The molecule has 0 radical (unpaired) electrons. The molecule has 1 aromatic rings. The summed E-state index contributed by atoms with van der Waals surface area (Å²) in [6.45, 7) is 0.995. The van der Waals surface area contributed by atoms with Crippen molar-refractivity contribution in [3.63, 3.8) is 0 Å². The normalized spacial score (nSPS) is 27.4. The van der Waals surface area contributed by atoms with Crippen LogP contribution in [-0.2, 0) is 9.59 Å². The standard InChI is InChI=1S/C17H18Cl2N4O3/c18-9-3-4-12(11(19)6-9)21-17(26)20-10-7-14-16(25)22-5-1-2-13(22)15(24)23(14)8-10/h3-4,6,10,13-14H,1-2,5,7-8H2,(H2,20,21,26)/t10-,13-,14-/m0/s1. The Balaban J connectivity index is 1.40. The fourth-order valence-corrected chi connectivity index (χ4v) is 4.48. The summed E-state index contributed by atoms with van der Waals surface area (Å²) in [5.74, 6) is -0.00453. The Morgan fingerprint density at radius 3 is 2.65 bits per heavy atom. The number of nitrogens with one attached hydrogen (secondary N) is 2. The Labute approximate surface area is 160 Å². The SMILES string of the molecule is O=C(Nc1ccc(Cl)cc1Cl)N[C@H]1C[C@H]2C(=O)N3CCC[C@H]3C(=O)N2C1. The van der Waals surface area contributed by atoms with Crippen molar-refractivity contribution in [1.29, 1.82) is 0 Å². The van der Waals surface area contributed by atoms with Gasteiger partial charge in [-0.25, -0.2) is 4.79 Å². The van der Waals surface area contributed by atoms with Gasteiger partial charge in [-0.1, -0.05) is 23.2 Å². The monoisotopic (exact) mass is 396 g/mol. The Bertz CT molecular complexity index is 757. The smallest absolute Gasteiger partial charge is 0.319 e. The molecule has 3 aliphatic rings. The van der Waals surface area contributed by atoms with Crippen LogP contribution in [0.5, 0.6) is 0 Å². The van der Waals surface area contributed by atoms with Crippen molar-refractivity contribution in [2.45, 2.75) is 37.4 Å². The molecule has 4 amide bonds. The first-order valence-corrected chi connectivity index (χ1v) is 9.33. The number of carbonyl (C=O) groups excluding carboxylic acids is 3. The number of hydrogen-bond acceptors (Lipinski definition) is 3. The van der Waals surface area contributed by atoms with Crippen molar-refractivity contribution in [3.8, 4) is 0 Å². The third-order valence-electron chi connectivity index (χ3n) is 5.20. The van der Waals surface area contributed by atoms with E-state index in [0.717, 1.165) is 12.8 Å². The lowest BCUT2D eigenvalue weighted by Crippen LogP contribution is -2.60. The molecule has 0 unspecified atom stereocenters. The first-order chi connectivity index (χ1) is 12.4. The average Bonchev–Trinajstić information content (AvgIpc) is 3.23. The van der Waals surface area contributed by atoms with E-state index in [1.807, 2.05) is 0 Å². The van der Waals surface area contributed by atoms with Crippen molar-refractivity contribution in [2.75, 3.05) is 18.4 Å². The zero-order valence-electron chi connectivity index (χ0n) is 13.9. The molecule has 3 aliphatic heterocycles. The number of fused-ring (bicyclic) bond motifs is 2. The number of anilines is 1. The highest BCUT2D eigenvalue weighted by Gasteiger charge is 2.51. The van der Waals surface area contributed by atoms with Crippen molar-refractivity contribution in [1.82, 2.24) is 15.1 Å². The highest BCUT2D eigenvalue weighted by atomic mass is 35.5. The largest absolute Gasteiger partial charge is 0.333 e. The molecule has 3 heterocycles. The predicted octanol–water partition coefficient (Wildman–Crippen LogP) is 2.09. The fraction of sp³-hybridized carbons (Fsp3) is 0.471. The van der Waals surface area contributed by atoms with E-state index in [2.05, 4.69) is 10.6 Å². The van der Waals surface area contributed by atoms with Gasteiger partial charge in [0.15, 0.2) is 0 Å². The van der Waals surface area contributed by atoms with Gasteiger partial charge in [0, 0.05) is 18.1 Å². The van der Waals surface area contributed by atoms with Gasteiger partial charge in [-0.3, -0.25) is 9.59 Å². The summed E-state index contributed by atoms with van der Waals surface area (Å²) in [6.07, 6.45) is 2.02. The number of halogens is 2. The molecule has 3 fully saturated rings. The van der Waals surface area contributed by atoms with Crippen molar-refractivity contribution in [3.05, 3.63) is 28.2 Å². The van der Waals surface area contributed by atoms with Crippen molar-refractivity contribution >= 4 is 46.7 Å². The van der Waals surface area contributed by atoms with Crippen LogP contribution in [0.1, 0.15) is 19.3 Å². The quantitative estimate of drug-likeness (QED) is 0.802.